The van der Waals surface area contributed by atoms with Crippen molar-refractivity contribution in [3.63, 3.8) is 0 Å². The Morgan fingerprint density at radius 2 is 1.94 bits per heavy atom. The van der Waals surface area contributed by atoms with Gasteiger partial charge >= 0.3 is 0 Å². The Hall–Kier alpha value is -1.40. The van der Waals surface area contributed by atoms with Gasteiger partial charge in [-0.3, -0.25) is 9.35 Å². The van der Waals surface area contributed by atoms with Gasteiger partial charge in [-0.15, -0.1) is 0 Å². The van der Waals surface area contributed by atoms with E-state index in [1.807, 2.05) is 0 Å². The molecule has 0 aliphatic heterocycles. The molecule has 6 heteroatoms. The van der Waals surface area contributed by atoms with E-state index in [2.05, 4.69) is 0 Å². The van der Waals surface area contributed by atoms with Gasteiger partial charge in [0.25, 0.3) is 10.1 Å². The minimum atomic E-state index is -4.33. The van der Waals surface area contributed by atoms with Crippen LogP contribution in [0.4, 0.5) is 5.69 Å². The van der Waals surface area contributed by atoms with Gasteiger partial charge in [0.1, 0.15) is 4.90 Å². The maximum absolute atomic E-state index is 11.4. The van der Waals surface area contributed by atoms with Crippen LogP contribution in [0, 0.1) is 6.42 Å². The first-order chi connectivity index (χ1) is 7.38. The van der Waals surface area contributed by atoms with Crippen LogP contribution in [0.5, 0.6) is 0 Å². The first kappa shape index (κ1) is 12.7. The molecule has 16 heavy (non-hydrogen) atoms. The number of carbonyl (C=O) groups excluding carboxylic acids is 1. The van der Waals surface area contributed by atoms with E-state index in [9.17, 15) is 13.2 Å². The minimum absolute atomic E-state index is 0.146. The van der Waals surface area contributed by atoms with Crippen molar-refractivity contribution in [1.29, 1.82) is 0 Å². The van der Waals surface area contributed by atoms with E-state index in [4.69, 9.17) is 4.55 Å². The zero-order valence-electron chi connectivity index (χ0n) is 8.91. The molecule has 1 rings (SSSR count). The lowest BCUT2D eigenvalue weighted by molar-refractivity contribution is -0.115. The van der Waals surface area contributed by atoms with Crippen LogP contribution >= 0.6 is 0 Å². The lowest BCUT2D eigenvalue weighted by atomic mass is 10.3. The number of hydrogen-bond donors (Lipinski definition) is 1. The van der Waals surface area contributed by atoms with Crippen LogP contribution in [-0.4, -0.2) is 25.9 Å². The molecule has 1 radical (unpaired) electrons. The molecule has 0 atom stereocenters. The van der Waals surface area contributed by atoms with Gasteiger partial charge in [-0.1, -0.05) is 19.1 Å². The highest BCUT2D eigenvalue weighted by atomic mass is 32.2. The monoisotopic (exact) mass is 242 g/mol. The maximum Gasteiger partial charge on any atom is 0.296 e. The van der Waals surface area contributed by atoms with Crippen LogP contribution < -0.4 is 4.90 Å². The van der Waals surface area contributed by atoms with E-state index in [0.717, 1.165) is 4.90 Å². The highest BCUT2D eigenvalue weighted by Gasteiger charge is 2.19. The Bertz CT molecular complexity index is 495. The topological polar surface area (TPSA) is 74.7 Å². The molecule has 1 aromatic carbocycles. The summed E-state index contributed by atoms with van der Waals surface area (Å²) >= 11 is 0. The Morgan fingerprint density at radius 3 is 2.44 bits per heavy atom. The molecule has 1 amide bonds. The fraction of sp³-hybridized carbons (Fsp3) is 0.200. The van der Waals surface area contributed by atoms with E-state index in [-0.39, 0.29) is 16.5 Å². The van der Waals surface area contributed by atoms with Crippen molar-refractivity contribution in [2.75, 3.05) is 11.9 Å². The minimum Gasteiger partial charge on any atom is -0.314 e. The summed E-state index contributed by atoms with van der Waals surface area (Å²) in [6.45, 7) is 1.55. The molecular weight excluding hydrogens is 230 g/mol. The largest absolute Gasteiger partial charge is 0.314 e. The number of amides is 1. The predicted molar refractivity (Wildman–Crippen MR) is 59.6 cm³/mol. The number of nitrogens with zero attached hydrogens (tertiary/aromatic N) is 1. The normalized spacial score (nSPS) is 11.2. The molecule has 0 unspecified atom stereocenters. The van der Waals surface area contributed by atoms with Gasteiger partial charge in [-0.25, -0.2) is 0 Å². The lowest BCUT2D eigenvalue weighted by Crippen LogP contribution is -2.27. The van der Waals surface area contributed by atoms with Crippen molar-refractivity contribution in [2.24, 2.45) is 0 Å². The van der Waals surface area contributed by atoms with Gasteiger partial charge in [0.05, 0.1) is 5.69 Å². The predicted octanol–water partition coefficient (Wildman–Crippen LogP) is 1.12. The van der Waals surface area contributed by atoms with Gasteiger partial charge in [0, 0.05) is 13.5 Å². The molecule has 1 N–H and O–H groups in total. The smallest absolute Gasteiger partial charge is 0.296 e. The Kier molecular flexibility index (Phi) is 3.66. The highest BCUT2D eigenvalue weighted by molar-refractivity contribution is 7.86. The fourth-order valence-electron chi connectivity index (χ4n) is 1.26. The molecular formula is C10H12NO4S. The number of carbonyl (C=O) groups is 1. The first-order valence-corrected chi connectivity index (χ1v) is 5.95. The number of rotatable bonds is 3. The van der Waals surface area contributed by atoms with Crippen LogP contribution in [-0.2, 0) is 14.9 Å². The van der Waals surface area contributed by atoms with Crippen molar-refractivity contribution in [1.82, 2.24) is 0 Å². The van der Waals surface area contributed by atoms with E-state index in [1.165, 1.54) is 31.7 Å². The maximum atomic E-state index is 11.4. The molecule has 87 valence electrons. The van der Waals surface area contributed by atoms with Crippen molar-refractivity contribution < 1.29 is 17.8 Å². The van der Waals surface area contributed by atoms with Crippen LogP contribution in [0.1, 0.15) is 6.92 Å². The highest BCUT2D eigenvalue weighted by Crippen LogP contribution is 2.23. The summed E-state index contributed by atoms with van der Waals surface area (Å²) in [5.41, 5.74) is 0.146. The van der Waals surface area contributed by atoms with Crippen molar-refractivity contribution in [2.45, 2.75) is 11.8 Å². The van der Waals surface area contributed by atoms with E-state index >= 15 is 0 Å². The SMILES string of the molecule is C[CH]C(=O)N(C)c1ccccc1S(=O)(=O)O. The Balaban J connectivity index is 3.30. The van der Waals surface area contributed by atoms with Gasteiger partial charge in [-0.2, -0.15) is 8.42 Å². The number of benzene rings is 1. The standard InChI is InChI=1S/C10H12NO4S/c1-3-10(12)11(2)8-6-4-5-7-9(8)16(13,14)15/h3-7H,1-2H3,(H,13,14,15). The summed E-state index contributed by atoms with van der Waals surface area (Å²) in [7, 11) is -2.89. The molecule has 0 aromatic heterocycles. The van der Waals surface area contributed by atoms with Crippen LogP contribution in [0.25, 0.3) is 0 Å². The summed E-state index contributed by atoms with van der Waals surface area (Å²) in [6, 6.07) is 5.75. The fourth-order valence-corrected chi connectivity index (χ4v) is 1.98. The second kappa shape index (κ2) is 4.63. The molecule has 0 heterocycles. The number of para-hydroxylation sites is 1. The molecule has 0 bridgehead atoms. The van der Waals surface area contributed by atoms with Crippen LogP contribution in [0.15, 0.2) is 29.2 Å². The molecule has 0 aliphatic carbocycles. The van der Waals surface area contributed by atoms with E-state index < -0.39 is 10.1 Å². The second-order valence-electron chi connectivity index (χ2n) is 3.13. The van der Waals surface area contributed by atoms with Gasteiger partial charge in [0.15, 0.2) is 0 Å². The lowest BCUT2D eigenvalue weighted by Gasteiger charge is -2.18. The third kappa shape index (κ3) is 2.59. The summed E-state index contributed by atoms with van der Waals surface area (Å²) in [5.74, 6) is -0.351. The van der Waals surface area contributed by atoms with Crippen molar-refractivity contribution >= 4 is 21.7 Å². The summed E-state index contributed by atoms with van der Waals surface area (Å²) in [5, 5.41) is 0. The average molecular weight is 242 g/mol. The second-order valence-corrected chi connectivity index (χ2v) is 4.52. The number of anilines is 1. The molecule has 0 saturated heterocycles. The molecule has 0 fully saturated rings. The van der Waals surface area contributed by atoms with Gasteiger partial charge in [0.2, 0.25) is 5.91 Å². The molecule has 1 aromatic rings. The van der Waals surface area contributed by atoms with E-state index in [1.54, 1.807) is 13.0 Å². The van der Waals surface area contributed by atoms with Crippen molar-refractivity contribution in [3.05, 3.63) is 30.7 Å². The molecule has 0 aliphatic rings. The quantitative estimate of drug-likeness (QED) is 0.806. The van der Waals surface area contributed by atoms with E-state index in [0.29, 0.717) is 0 Å². The number of hydrogen-bond acceptors (Lipinski definition) is 3. The zero-order valence-corrected chi connectivity index (χ0v) is 9.73. The van der Waals surface area contributed by atoms with Gasteiger partial charge in [-0.05, 0) is 12.1 Å². The van der Waals surface area contributed by atoms with Gasteiger partial charge < -0.3 is 4.90 Å². The summed E-state index contributed by atoms with van der Waals surface area (Å²) < 4.78 is 31.2. The summed E-state index contributed by atoms with van der Waals surface area (Å²) in [6.07, 6.45) is 1.31. The third-order valence-electron chi connectivity index (χ3n) is 2.08. The Morgan fingerprint density at radius 1 is 1.38 bits per heavy atom. The van der Waals surface area contributed by atoms with Crippen molar-refractivity contribution in [3.8, 4) is 0 Å². The average Bonchev–Trinajstić information content (AvgIpc) is 2.26. The Labute approximate surface area is 94.4 Å². The third-order valence-corrected chi connectivity index (χ3v) is 2.98. The first-order valence-electron chi connectivity index (χ1n) is 4.51. The summed E-state index contributed by atoms with van der Waals surface area (Å²) in [4.78, 5) is 12.3. The van der Waals surface area contributed by atoms with Crippen LogP contribution in [0.2, 0.25) is 0 Å². The van der Waals surface area contributed by atoms with Crippen LogP contribution in [0.3, 0.4) is 0 Å². The zero-order chi connectivity index (χ0) is 12.3. The molecule has 0 saturated carbocycles. The molecule has 0 spiro atoms. The molecule has 5 nitrogen and oxygen atoms in total.